The molecule has 0 saturated heterocycles. The topological polar surface area (TPSA) is 41.6 Å². The number of aromatic nitrogens is 2. The summed E-state index contributed by atoms with van der Waals surface area (Å²) in [5.41, 5.74) is 1.67. The van der Waals surface area contributed by atoms with Gasteiger partial charge in [0, 0.05) is 33.9 Å². The van der Waals surface area contributed by atoms with Gasteiger partial charge in [-0.2, -0.15) is 5.26 Å². The SMILES string of the molecule is N#Cc1ccc(SC(Cn2ccnc2)c2ccc(Cl)cc2Cl)cc1. The maximum atomic E-state index is 8.92. The molecular weight excluding hydrogens is 361 g/mol. The zero-order valence-corrected chi connectivity index (χ0v) is 14.9. The number of thioether (sulfide) groups is 1. The highest BCUT2D eigenvalue weighted by molar-refractivity contribution is 7.99. The van der Waals surface area contributed by atoms with Crippen LogP contribution in [-0.2, 0) is 6.54 Å². The molecule has 0 radical (unpaired) electrons. The van der Waals surface area contributed by atoms with E-state index in [1.807, 2.05) is 47.2 Å². The minimum atomic E-state index is 0.0944. The molecule has 2 aromatic carbocycles. The van der Waals surface area contributed by atoms with Gasteiger partial charge in [-0.3, -0.25) is 0 Å². The molecule has 0 N–H and O–H groups in total. The maximum absolute atomic E-state index is 8.92. The van der Waals surface area contributed by atoms with Crippen molar-refractivity contribution >= 4 is 35.0 Å². The van der Waals surface area contributed by atoms with E-state index < -0.39 is 0 Å². The molecule has 0 aliphatic rings. The van der Waals surface area contributed by atoms with Crippen molar-refractivity contribution in [1.82, 2.24) is 9.55 Å². The van der Waals surface area contributed by atoms with E-state index in [-0.39, 0.29) is 5.25 Å². The molecule has 1 heterocycles. The fourth-order valence-corrected chi connectivity index (χ4v) is 4.13. The summed E-state index contributed by atoms with van der Waals surface area (Å²) in [5.74, 6) is 0. The van der Waals surface area contributed by atoms with Gasteiger partial charge in [-0.25, -0.2) is 4.98 Å². The molecule has 3 aromatic rings. The third kappa shape index (κ3) is 4.12. The molecule has 0 bridgehead atoms. The van der Waals surface area contributed by atoms with E-state index >= 15 is 0 Å². The Morgan fingerprint density at radius 2 is 1.96 bits per heavy atom. The van der Waals surface area contributed by atoms with Crippen LogP contribution in [0.3, 0.4) is 0 Å². The lowest BCUT2D eigenvalue weighted by atomic mass is 10.1. The van der Waals surface area contributed by atoms with Gasteiger partial charge in [0.15, 0.2) is 0 Å². The third-order valence-electron chi connectivity index (χ3n) is 3.51. The van der Waals surface area contributed by atoms with Crippen LogP contribution in [0.1, 0.15) is 16.4 Å². The number of hydrogen-bond acceptors (Lipinski definition) is 3. The highest BCUT2D eigenvalue weighted by atomic mass is 35.5. The smallest absolute Gasteiger partial charge is 0.0991 e. The van der Waals surface area contributed by atoms with E-state index in [9.17, 15) is 0 Å². The minimum absolute atomic E-state index is 0.0944. The van der Waals surface area contributed by atoms with Crippen LogP contribution < -0.4 is 0 Å². The summed E-state index contributed by atoms with van der Waals surface area (Å²) in [7, 11) is 0. The molecule has 24 heavy (non-hydrogen) atoms. The summed E-state index contributed by atoms with van der Waals surface area (Å²) in [6, 6.07) is 15.3. The van der Waals surface area contributed by atoms with Gasteiger partial charge in [-0.15, -0.1) is 11.8 Å². The summed E-state index contributed by atoms with van der Waals surface area (Å²) in [5, 5.41) is 10.3. The molecule has 0 fully saturated rings. The average molecular weight is 374 g/mol. The molecule has 1 atom stereocenters. The Bertz CT molecular complexity index is 855. The number of hydrogen-bond donors (Lipinski definition) is 0. The third-order valence-corrected chi connectivity index (χ3v) is 5.30. The Kier molecular flexibility index (Phi) is 5.47. The first-order valence-electron chi connectivity index (χ1n) is 7.23. The van der Waals surface area contributed by atoms with E-state index in [0.717, 1.165) is 17.0 Å². The van der Waals surface area contributed by atoms with Crippen LogP contribution in [0, 0.1) is 11.3 Å². The Morgan fingerprint density at radius 3 is 2.58 bits per heavy atom. The maximum Gasteiger partial charge on any atom is 0.0991 e. The lowest BCUT2D eigenvalue weighted by molar-refractivity contribution is 0.683. The normalized spacial score (nSPS) is 11.9. The minimum Gasteiger partial charge on any atom is -0.336 e. The van der Waals surface area contributed by atoms with Gasteiger partial charge in [0.05, 0.1) is 23.2 Å². The van der Waals surface area contributed by atoms with Crippen molar-refractivity contribution in [1.29, 1.82) is 5.26 Å². The van der Waals surface area contributed by atoms with Crippen LogP contribution in [0.2, 0.25) is 10.0 Å². The molecule has 0 aliphatic heterocycles. The van der Waals surface area contributed by atoms with Gasteiger partial charge in [-0.05, 0) is 42.0 Å². The molecule has 120 valence electrons. The first-order chi connectivity index (χ1) is 11.7. The van der Waals surface area contributed by atoms with Gasteiger partial charge < -0.3 is 4.57 Å². The Morgan fingerprint density at radius 1 is 1.17 bits per heavy atom. The second kappa shape index (κ2) is 7.76. The van der Waals surface area contributed by atoms with Gasteiger partial charge in [0.2, 0.25) is 0 Å². The molecule has 1 aromatic heterocycles. The zero-order chi connectivity index (χ0) is 16.9. The molecule has 0 amide bonds. The highest BCUT2D eigenvalue weighted by Crippen LogP contribution is 2.40. The number of imidazole rings is 1. The van der Waals surface area contributed by atoms with E-state index in [0.29, 0.717) is 15.6 Å². The van der Waals surface area contributed by atoms with Crippen LogP contribution in [-0.4, -0.2) is 9.55 Å². The largest absolute Gasteiger partial charge is 0.336 e. The second-order valence-corrected chi connectivity index (χ2v) is 7.29. The average Bonchev–Trinajstić information content (AvgIpc) is 3.08. The Labute approximate surface area is 154 Å². The van der Waals surface area contributed by atoms with Gasteiger partial charge in [0.1, 0.15) is 0 Å². The summed E-state index contributed by atoms with van der Waals surface area (Å²) in [6.07, 6.45) is 5.47. The van der Waals surface area contributed by atoms with Crippen molar-refractivity contribution in [3.63, 3.8) is 0 Å². The lowest BCUT2D eigenvalue weighted by Crippen LogP contribution is -2.05. The monoisotopic (exact) mass is 373 g/mol. The summed E-state index contributed by atoms with van der Waals surface area (Å²) in [4.78, 5) is 5.17. The molecule has 0 spiro atoms. The van der Waals surface area contributed by atoms with E-state index in [1.54, 1.807) is 30.4 Å². The van der Waals surface area contributed by atoms with Gasteiger partial charge in [0.25, 0.3) is 0 Å². The van der Waals surface area contributed by atoms with Gasteiger partial charge in [-0.1, -0.05) is 29.3 Å². The van der Waals surface area contributed by atoms with Crippen molar-refractivity contribution in [2.45, 2.75) is 16.7 Å². The molecule has 0 aliphatic carbocycles. The lowest BCUT2D eigenvalue weighted by Gasteiger charge is -2.19. The zero-order valence-electron chi connectivity index (χ0n) is 12.6. The van der Waals surface area contributed by atoms with E-state index in [4.69, 9.17) is 28.5 Å². The second-order valence-electron chi connectivity index (χ2n) is 5.17. The summed E-state index contributed by atoms with van der Waals surface area (Å²) >= 11 is 14.1. The predicted octanol–water partition coefficient (Wildman–Crippen LogP) is 5.60. The molecular formula is C18H13Cl2N3S. The standard InChI is InChI=1S/C18H13Cl2N3S/c19-14-3-6-16(17(20)9-14)18(11-23-8-7-22-12-23)24-15-4-1-13(10-21)2-5-15/h1-9,12,18H,11H2. The predicted molar refractivity (Wildman–Crippen MR) is 98.4 cm³/mol. The number of halogens is 2. The van der Waals surface area contributed by atoms with Crippen molar-refractivity contribution < 1.29 is 0 Å². The fraction of sp³-hybridized carbons (Fsp3) is 0.111. The quantitative estimate of drug-likeness (QED) is 0.546. The molecule has 6 heteroatoms. The number of nitrogens with zero attached hydrogens (tertiary/aromatic N) is 3. The van der Waals surface area contributed by atoms with Crippen LogP contribution in [0.25, 0.3) is 0 Å². The first kappa shape index (κ1) is 16.9. The summed E-state index contributed by atoms with van der Waals surface area (Å²) in [6.45, 7) is 0.728. The van der Waals surface area contributed by atoms with Crippen LogP contribution >= 0.6 is 35.0 Å². The first-order valence-corrected chi connectivity index (χ1v) is 8.87. The van der Waals surface area contributed by atoms with Crippen molar-refractivity contribution in [2.24, 2.45) is 0 Å². The van der Waals surface area contributed by atoms with Crippen LogP contribution in [0.15, 0.2) is 66.1 Å². The summed E-state index contributed by atoms with van der Waals surface area (Å²) < 4.78 is 2.02. The van der Waals surface area contributed by atoms with Crippen molar-refractivity contribution in [3.05, 3.63) is 82.4 Å². The number of benzene rings is 2. The highest BCUT2D eigenvalue weighted by Gasteiger charge is 2.17. The molecule has 3 rings (SSSR count). The molecule has 1 unspecified atom stereocenters. The Balaban J connectivity index is 1.90. The Hall–Kier alpha value is -1.93. The van der Waals surface area contributed by atoms with Crippen molar-refractivity contribution in [2.75, 3.05) is 0 Å². The fourth-order valence-electron chi connectivity index (χ4n) is 2.32. The van der Waals surface area contributed by atoms with Gasteiger partial charge >= 0.3 is 0 Å². The van der Waals surface area contributed by atoms with Crippen molar-refractivity contribution in [3.8, 4) is 6.07 Å². The molecule has 3 nitrogen and oxygen atoms in total. The molecule has 0 saturated carbocycles. The van der Waals surface area contributed by atoms with E-state index in [2.05, 4.69) is 11.1 Å². The van der Waals surface area contributed by atoms with E-state index in [1.165, 1.54) is 0 Å². The number of nitriles is 1. The van der Waals surface area contributed by atoms with Crippen LogP contribution in [0.4, 0.5) is 0 Å². The number of rotatable bonds is 5. The van der Waals surface area contributed by atoms with Crippen LogP contribution in [0.5, 0.6) is 0 Å².